The van der Waals surface area contributed by atoms with Gasteiger partial charge in [0.1, 0.15) is 8.28 Å². The number of benzene rings is 1. The smallest absolute Gasteiger partial charge is 0.311 e. The minimum atomic E-state index is -2.35. The number of nitriles is 1. The second-order valence-electron chi connectivity index (χ2n) is 5.00. The third-order valence-corrected chi connectivity index (χ3v) is 5.64. The van der Waals surface area contributed by atoms with Gasteiger partial charge in [0.15, 0.2) is 0 Å². The van der Waals surface area contributed by atoms with Crippen LogP contribution in [0, 0.1) is 40.4 Å². The van der Waals surface area contributed by atoms with E-state index in [4.69, 9.17) is 12.2 Å². The lowest BCUT2D eigenvalue weighted by Crippen LogP contribution is -2.22. The van der Waals surface area contributed by atoms with Crippen molar-refractivity contribution >= 4 is 45.2 Å². The Morgan fingerprint density at radius 3 is 2.12 bits per heavy atom. The molecule has 0 aliphatic heterocycles. The van der Waals surface area contributed by atoms with Crippen LogP contribution in [0.25, 0.3) is 0 Å². The van der Waals surface area contributed by atoms with Gasteiger partial charge in [0.2, 0.25) is 34.8 Å². The minimum absolute atomic E-state index is 0.104. The molecule has 0 heterocycles. The number of hydrogen-bond donors (Lipinski definition) is 0. The Hall–Kier alpha value is -1.38. The summed E-state index contributed by atoms with van der Waals surface area (Å²) < 4.78 is 69.7. The summed E-state index contributed by atoms with van der Waals surface area (Å²) in [5.41, 5.74) is 0. The molecule has 1 aromatic rings. The molecule has 0 aliphatic carbocycles. The maximum Gasteiger partial charge on any atom is 0.311 e. The van der Waals surface area contributed by atoms with Gasteiger partial charge in [-0.15, -0.1) is 11.8 Å². The van der Waals surface area contributed by atoms with Gasteiger partial charge in [0, 0.05) is 6.42 Å². The number of hydrogen-bond acceptors (Lipinski definition) is 6. The van der Waals surface area contributed by atoms with Crippen molar-refractivity contribution in [3.63, 3.8) is 0 Å². The fraction of sp³-hybridized carbons (Fsp3) is 0.400. The highest BCUT2D eigenvalue weighted by Crippen LogP contribution is 2.35. The second-order valence-corrected chi connectivity index (χ2v) is 8.97. The third-order valence-electron chi connectivity index (χ3n) is 3.00. The van der Waals surface area contributed by atoms with Gasteiger partial charge < -0.3 is 4.74 Å². The molecule has 1 rings (SSSR count). The molecule has 3 nitrogen and oxygen atoms in total. The molecule has 26 heavy (non-hydrogen) atoms. The maximum atomic E-state index is 13.5. The van der Waals surface area contributed by atoms with Crippen molar-refractivity contribution in [2.45, 2.75) is 31.4 Å². The molecule has 0 saturated carbocycles. The fourth-order valence-corrected chi connectivity index (χ4v) is 4.54. The van der Waals surface area contributed by atoms with E-state index in [9.17, 15) is 32.0 Å². The minimum Gasteiger partial charge on any atom is -0.420 e. The molecule has 142 valence electrons. The quantitative estimate of drug-likeness (QED) is 0.156. The molecule has 0 bridgehead atoms. The monoisotopic (exact) mass is 429 g/mol. The molecule has 0 N–H and O–H groups in total. The summed E-state index contributed by atoms with van der Waals surface area (Å²) in [5, 5.41) is 9.24. The zero-order valence-electron chi connectivity index (χ0n) is 13.5. The summed E-state index contributed by atoms with van der Waals surface area (Å²) in [6.45, 7) is 3.37. The first-order chi connectivity index (χ1) is 12.1. The summed E-state index contributed by atoms with van der Waals surface area (Å²) in [7, 11) is 0. The summed E-state index contributed by atoms with van der Waals surface area (Å²) in [6.07, 6.45) is -0.594. The molecule has 0 aliphatic rings. The first kappa shape index (κ1) is 22.7. The van der Waals surface area contributed by atoms with Crippen molar-refractivity contribution in [2.75, 3.05) is 5.75 Å². The highest BCUT2D eigenvalue weighted by atomic mass is 32.2. The second kappa shape index (κ2) is 9.53. The van der Waals surface area contributed by atoms with E-state index >= 15 is 0 Å². The number of esters is 1. The van der Waals surface area contributed by atoms with Crippen molar-refractivity contribution in [3.8, 4) is 11.8 Å². The number of ether oxygens (including phenoxy) is 1. The van der Waals surface area contributed by atoms with Gasteiger partial charge in [-0.2, -0.15) is 14.0 Å². The van der Waals surface area contributed by atoms with Crippen LogP contribution in [0.5, 0.6) is 5.75 Å². The van der Waals surface area contributed by atoms with Gasteiger partial charge in [-0.1, -0.05) is 30.9 Å². The number of halogens is 5. The van der Waals surface area contributed by atoms with Crippen LogP contribution < -0.4 is 4.74 Å². The predicted octanol–water partition coefficient (Wildman–Crippen LogP) is 5.12. The van der Waals surface area contributed by atoms with Crippen LogP contribution in [-0.2, 0) is 4.79 Å². The average Bonchev–Trinajstić information content (AvgIpc) is 2.60. The van der Waals surface area contributed by atoms with Crippen molar-refractivity contribution in [2.24, 2.45) is 0 Å². The summed E-state index contributed by atoms with van der Waals surface area (Å²) in [6, 6.07) is 1.97. The lowest BCUT2D eigenvalue weighted by molar-refractivity contribution is -0.135. The molecule has 0 spiro atoms. The van der Waals surface area contributed by atoms with Crippen LogP contribution >= 0.6 is 35.7 Å². The van der Waals surface area contributed by atoms with Gasteiger partial charge in [-0.3, -0.25) is 4.79 Å². The van der Waals surface area contributed by atoms with E-state index in [-0.39, 0.29) is 6.42 Å². The van der Waals surface area contributed by atoms with Crippen LogP contribution in [0.15, 0.2) is 0 Å². The van der Waals surface area contributed by atoms with Crippen LogP contribution in [0.3, 0.4) is 0 Å². The molecule has 0 fully saturated rings. The highest BCUT2D eigenvalue weighted by Gasteiger charge is 2.31. The topological polar surface area (TPSA) is 50.1 Å². The Labute approximate surface area is 160 Å². The molecule has 0 saturated heterocycles. The third kappa shape index (κ3) is 5.56. The van der Waals surface area contributed by atoms with E-state index < -0.39 is 52.0 Å². The van der Waals surface area contributed by atoms with Crippen LogP contribution in [-0.4, -0.2) is 20.0 Å². The summed E-state index contributed by atoms with van der Waals surface area (Å²) >= 11 is 7.44. The van der Waals surface area contributed by atoms with Crippen molar-refractivity contribution < 1.29 is 31.5 Å². The SMILES string of the molecule is CCSC(=S)SC(C)(C#N)CCC(=O)Oc1c(F)c(F)c(F)c(F)c1F. The van der Waals surface area contributed by atoms with E-state index in [2.05, 4.69) is 4.74 Å². The molecule has 1 atom stereocenters. The summed E-state index contributed by atoms with van der Waals surface area (Å²) in [5.74, 6) is -13.5. The lowest BCUT2D eigenvalue weighted by Gasteiger charge is -2.20. The zero-order valence-corrected chi connectivity index (χ0v) is 15.9. The largest absolute Gasteiger partial charge is 0.420 e. The Bertz CT molecular complexity index is 740. The van der Waals surface area contributed by atoms with E-state index in [0.717, 1.165) is 11.8 Å². The molecule has 0 aromatic heterocycles. The predicted molar refractivity (Wildman–Crippen MR) is 93.4 cm³/mol. The van der Waals surface area contributed by atoms with Gasteiger partial charge in [-0.25, -0.2) is 13.2 Å². The number of rotatable bonds is 6. The van der Waals surface area contributed by atoms with Gasteiger partial charge in [0.05, 0.1) is 6.07 Å². The molecule has 0 radical (unpaired) electrons. The normalized spacial score (nSPS) is 13.0. The fourth-order valence-electron chi connectivity index (χ4n) is 1.64. The van der Waals surface area contributed by atoms with Gasteiger partial charge >= 0.3 is 5.97 Å². The van der Waals surface area contributed by atoms with E-state index in [1.165, 1.54) is 18.7 Å². The zero-order chi connectivity index (χ0) is 20.1. The molecule has 1 unspecified atom stereocenters. The molecule has 11 heteroatoms. The first-order valence-electron chi connectivity index (χ1n) is 7.05. The Kier molecular flexibility index (Phi) is 8.30. The standard InChI is InChI=1S/C15H12F5NO2S3/c1-3-25-14(24)26-15(2,6-21)5-4-7(22)23-13-11(19)9(17)8(16)10(18)12(13)20/h3-5H2,1-2H3. The number of thiocarbonyl (C=S) groups is 1. The van der Waals surface area contributed by atoms with Crippen LogP contribution in [0.1, 0.15) is 26.7 Å². The Morgan fingerprint density at radius 2 is 1.65 bits per heavy atom. The number of carbonyl (C=O) groups is 1. The summed E-state index contributed by atoms with van der Waals surface area (Å²) in [4.78, 5) is 11.7. The van der Waals surface area contributed by atoms with Crippen molar-refractivity contribution in [1.82, 2.24) is 0 Å². The molecular weight excluding hydrogens is 417 g/mol. The molecule has 1 aromatic carbocycles. The molecular formula is C15H12F5NO2S3. The van der Waals surface area contributed by atoms with E-state index in [1.807, 2.05) is 13.0 Å². The van der Waals surface area contributed by atoms with E-state index in [0.29, 0.717) is 9.28 Å². The number of nitrogens with zero attached hydrogens (tertiary/aromatic N) is 1. The van der Waals surface area contributed by atoms with Crippen molar-refractivity contribution in [3.05, 3.63) is 29.1 Å². The highest BCUT2D eigenvalue weighted by molar-refractivity contribution is 8.47. The van der Waals surface area contributed by atoms with Crippen LogP contribution in [0.4, 0.5) is 22.0 Å². The average molecular weight is 429 g/mol. The number of thioether (sulfide) groups is 2. The van der Waals surface area contributed by atoms with Crippen molar-refractivity contribution in [1.29, 1.82) is 5.26 Å². The first-order valence-corrected chi connectivity index (χ1v) is 9.26. The lowest BCUT2D eigenvalue weighted by atomic mass is 10.1. The maximum absolute atomic E-state index is 13.5. The number of carbonyl (C=O) groups excluding carboxylic acids is 1. The Balaban J connectivity index is 2.85. The van der Waals surface area contributed by atoms with Gasteiger partial charge in [0.25, 0.3) is 0 Å². The van der Waals surface area contributed by atoms with Crippen LogP contribution in [0.2, 0.25) is 0 Å². The van der Waals surface area contributed by atoms with E-state index in [1.54, 1.807) is 0 Å². The Morgan fingerprint density at radius 1 is 1.15 bits per heavy atom. The van der Waals surface area contributed by atoms with Gasteiger partial charge in [-0.05, 0) is 19.1 Å². The molecule has 0 amide bonds.